The number of fused-ring (bicyclic) bond motifs is 10. The van der Waals surface area contributed by atoms with Crippen molar-refractivity contribution in [2.75, 3.05) is 9.80 Å². The molecule has 2 fully saturated rings. The van der Waals surface area contributed by atoms with E-state index in [0.29, 0.717) is 0 Å². The van der Waals surface area contributed by atoms with E-state index in [1.807, 2.05) is 0 Å². The van der Waals surface area contributed by atoms with Crippen molar-refractivity contribution < 1.29 is 9.47 Å². The van der Waals surface area contributed by atoms with Crippen LogP contribution in [0.3, 0.4) is 0 Å². The Morgan fingerprint density at radius 1 is 0.296 bits per heavy atom. The molecule has 4 aliphatic rings. The Balaban J connectivity index is 0.993. The lowest BCUT2D eigenvalue weighted by Crippen LogP contribution is -2.13. The Kier molecular flexibility index (Phi) is 7.53. The Morgan fingerprint density at radius 2 is 0.648 bits per heavy atom. The summed E-state index contributed by atoms with van der Waals surface area (Å²) in [6.45, 7) is 0. The fraction of sp³-hybridized carbons (Fsp3) is 0.160. The van der Waals surface area contributed by atoms with Gasteiger partial charge in [-0.05, 0) is 149 Å². The van der Waals surface area contributed by atoms with Crippen LogP contribution in [-0.4, -0.2) is 0 Å². The van der Waals surface area contributed by atoms with Crippen molar-refractivity contribution in [2.24, 2.45) is 0 Å². The molecule has 4 heteroatoms. The van der Waals surface area contributed by atoms with Crippen molar-refractivity contribution in [3.63, 3.8) is 0 Å². The van der Waals surface area contributed by atoms with Crippen molar-refractivity contribution in [3.8, 4) is 22.3 Å². The first-order valence-corrected chi connectivity index (χ1v) is 19.3. The molecule has 0 spiro atoms. The second-order valence-electron chi connectivity index (χ2n) is 15.0. The molecule has 262 valence electrons. The van der Waals surface area contributed by atoms with E-state index in [1.165, 1.54) is 44.5 Å². The third kappa shape index (κ3) is 5.36. The molecule has 54 heavy (non-hydrogen) atoms. The van der Waals surface area contributed by atoms with Crippen LogP contribution >= 0.6 is 0 Å². The Morgan fingerprint density at radius 3 is 1.09 bits per heavy atom. The predicted molar refractivity (Wildman–Crippen MR) is 218 cm³/mol. The van der Waals surface area contributed by atoms with Crippen molar-refractivity contribution in [1.82, 2.24) is 0 Å². The van der Waals surface area contributed by atoms with Gasteiger partial charge in [0.05, 0.1) is 24.4 Å². The van der Waals surface area contributed by atoms with Gasteiger partial charge in [0.15, 0.2) is 0 Å². The summed E-state index contributed by atoms with van der Waals surface area (Å²) in [5, 5.41) is 0. The average molecular weight is 701 g/mol. The van der Waals surface area contributed by atoms with Crippen LogP contribution in [0.2, 0.25) is 0 Å². The average Bonchev–Trinajstić information content (AvgIpc) is 4.06. The van der Waals surface area contributed by atoms with Gasteiger partial charge in [0.1, 0.15) is 0 Å². The smallest absolute Gasteiger partial charge is 0.0838 e. The van der Waals surface area contributed by atoms with Gasteiger partial charge < -0.3 is 19.3 Å². The number of benzene rings is 7. The summed E-state index contributed by atoms with van der Waals surface area (Å²) >= 11 is 0. The lowest BCUT2D eigenvalue weighted by atomic mass is 9.89. The maximum atomic E-state index is 6.24. The highest BCUT2D eigenvalue weighted by Gasteiger charge is 2.39. The van der Waals surface area contributed by atoms with Crippen LogP contribution in [0, 0.1) is 0 Å². The molecule has 0 N–H and O–H groups in total. The lowest BCUT2D eigenvalue weighted by Gasteiger charge is -2.30. The lowest BCUT2D eigenvalue weighted by molar-refractivity contribution is 0.0715. The number of para-hydroxylation sites is 2. The van der Waals surface area contributed by atoms with Gasteiger partial charge in [-0.25, -0.2) is 0 Å². The third-order valence-electron chi connectivity index (χ3n) is 11.9. The first kappa shape index (κ1) is 31.6. The summed E-state index contributed by atoms with van der Waals surface area (Å²) in [4.78, 5) is 4.73. The van der Waals surface area contributed by atoms with Crippen LogP contribution in [0.5, 0.6) is 0 Å². The zero-order valence-corrected chi connectivity index (χ0v) is 30.0. The fourth-order valence-electron chi connectivity index (χ4n) is 9.31. The minimum Gasteiger partial charge on any atom is -0.366 e. The number of rotatable bonds is 8. The zero-order valence-electron chi connectivity index (χ0n) is 30.0. The van der Waals surface area contributed by atoms with Crippen LogP contribution in [0.25, 0.3) is 22.3 Å². The maximum Gasteiger partial charge on any atom is 0.0838 e. The fourth-order valence-corrected chi connectivity index (χ4v) is 9.31. The molecule has 11 rings (SSSR count). The van der Waals surface area contributed by atoms with Gasteiger partial charge in [0, 0.05) is 34.1 Å². The summed E-state index contributed by atoms with van der Waals surface area (Å²) in [5.74, 6) is 0. The quantitative estimate of drug-likeness (QED) is 0.158. The van der Waals surface area contributed by atoms with Gasteiger partial charge in [-0.2, -0.15) is 0 Å². The summed E-state index contributed by atoms with van der Waals surface area (Å²) in [6, 6.07) is 62.0. The molecule has 0 radical (unpaired) electrons. The molecule has 0 aliphatic carbocycles. The normalized spacial score (nSPS) is 20.1. The molecule has 0 aromatic heterocycles. The number of ether oxygens (including phenoxy) is 2. The number of hydrogen-bond acceptors (Lipinski definition) is 4. The van der Waals surface area contributed by atoms with Crippen LogP contribution < -0.4 is 9.80 Å². The van der Waals surface area contributed by atoms with Crippen molar-refractivity contribution in [1.29, 1.82) is 0 Å². The molecule has 4 aliphatic heterocycles. The summed E-state index contributed by atoms with van der Waals surface area (Å²) in [5.41, 5.74) is 16.9. The molecule has 4 unspecified atom stereocenters. The highest BCUT2D eigenvalue weighted by molar-refractivity contribution is 5.85. The number of nitrogens with zero attached hydrogens (tertiary/aromatic N) is 2. The third-order valence-corrected chi connectivity index (χ3v) is 11.9. The van der Waals surface area contributed by atoms with Crippen LogP contribution in [0.4, 0.5) is 34.1 Å². The van der Waals surface area contributed by atoms with Crippen molar-refractivity contribution in [3.05, 3.63) is 192 Å². The van der Waals surface area contributed by atoms with Gasteiger partial charge >= 0.3 is 0 Å². The molecule has 4 bridgehead atoms. The second kappa shape index (κ2) is 12.9. The zero-order chi connectivity index (χ0) is 35.6. The molecule has 4 atom stereocenters. The molecule has 0 amide bonds. The maximum absolute atomic E-state index is 6.24. The monoisotopic (exact) mass is 700 g/mol. The van der Waals surface area contributed by atoms with Crippen LogP contribution in [0.1, 0.15) is 72.4 Å². The number of hydrogen-bond donors (Lipinski definition) is 0. The SMILES string of the molecule is c1ccc(N(c2cccc(-c3ccc4c(c3)C3CCC4O3)c2)c2cccc(N(c3ccccc3)c3cccc(-c4ccc5c(c4)C4CCC5O4)c3)c2)cc1. The molecular weight excluding hydrogens is 661 g/mol. The minimum atomic E-state index is 0.239. The van der Waals surface area contributed by atoms with Gasteiger partial charge in [-0.3, -0.25) is 0 Å². The van der Waals surface area contributed by atoms with E-state index in [9.17, 15) is 0 Å². The highest BCUT2D eigenvalue weighted by atomic mass is 16.5. The van der Waals surface area contributed by atoms with Crippen LogP contribution in [0.15, 0.2) is 170 Å². The highest BCUT2D eigenvalue weighted by Crippen LogP contribution is 2.53. The van der Waals surface area contributed by atoms with E-state index in [2.05, 4.69) is 180 Å². The first-order chi connectivity index (χ1) is 26.7. The molecule has 0 saturated carbocycles. The molecule has 7 aromatic rings. The number of anilines is 6. The molecule has 2 saturated heterocycles. The predicted octanol–water partition coefficient (Wildman–Crippen LogP) is 13.8. The Bertz CT molecular complexity index is 2340. The molecule has 4 nitrogen and oxygen atoms in total. The van der Waals surface area contributed by atoms with Gasteiger partial charge in [0.2, 0.25) is 0 Å². The molecular formula is C50H40N2O2. The van der Waals surface area contributed by atoms with Gasteiger partial charge in [-0.1, -0.05) is 91.0 Å². The van der Waals surface area contributed by atoms with Crippen molar-refractivity contribution >= 4 is 34.1 Å². The summed E-state index contributed by atoms with van der Waals surface area (Å²) in [7, 11) is 0. The van der Waals surface area contributed by atoms with Gasteiger partial charge in [0.25, 0.3) is 0 Å². The minimum absolute atomic E-state index is 0.239. The Labute approximate surface area is 316 Å². The van der Waals surface area contributed by atoms with E-state index in [-0.39, 0.29) is 24.4 Å². The molecule has 4 heterocycles. The van der Waals surface area contributed by atoms with E-state index >= 15 is 0 Å². The van der Waals surface area contributed by atoms with E-state index in [0.717, 1.165) is 59.8 Å². The van der Waals surface area contributed by atoms with Gasteiger partial charge in [-0.15, -0.1) is 0 Å². The van der Waals surface area contributed by atoms with E-state index < -0.39 is 0 Å². The first-order valence-electron chi connectivity index (χ1n) is 19.3. The second-order valence-corrected chi connectivity index (χ2v) is 15.0. The standard InChI is InChI=1S/C50H40N2O2/c1-3-12-37(13-4-1)51(39-16-7-10-33(28-39)35-20-22-43-45(30-35)49-26-24-47(43)53-49)41-18-9-19-42(32-41)52(38-14-5-2-6-15-38)40-17-8-11-34(29-40)36-21-23-44-46(31-36)50-27-25-48(44)54-50/h1-23,28-32,47-50H,24-27H2. The van der Waals surface area contributed by atoms with Crippen molar-refractivity contribution in [2.45, 2.75) is 50.1 Å². The Hall–Kier alpha value is -5.94. The van der Waals surface area contributed by atoms with E-state index in [1.54, 1.807) is 0 Å². The van der Waals surface area contributed by atoms with Crippen LogP contribution in [-0.2, 0) is 9.47 Å². The molecule has 7 aromatic carbocycles. The summed E-state index contributed by atoms with van der Waals surface area (Å²) < 4.78 is 12.5. The van der Waals surface area contributed by atoms with E-state index in [4.69, 9.17) is 9.47 Å². The summed E-state index contributed by atoms with van der Waals surface area (Å²) in [6.07, 6.45) is 5.53. The largest absolute Gasteiger partial charge is 0.366 e. The topological polar surface area (TPSA) is 24.9 Å².